The average molecular weight is 212 g/mol. The molecule has 4 heteroatoms. The van der Waals surface area contributed by atoms with Crippen molar-refractivity contribution in [3.05, 3.63) is 0 Å². The number of hydrogen-bond donors (Lipinski definition) is 0. The molecule has 0 aliphatic heterocycles. The summed E-state index contributed by atoms with van der Waals surface area (Å²) in [5, 5.41) is 8.37. The molecule has 0 heterocycles. The largest absolute Gasteiger partial charge is 0.375 e. The third kappa shape index (κ3) is 7.95. The lowest BCUT2D eigenvalue weighted by Crippen LogP contribution is -2.30. The van der Waals surface area contributed by atoms with Gasteiger partial charge >= 0.3 is 0 Å². The zero-order valence-electron chi connectivity index (χ0n) is 10.0. The van der Waals surface area contributed by atoms with Crippen molar-refractivity contribution in [2.75, 3.05) is 20.2 Å². The predicted molar refractivity (Wildman–Crippen MR) is 58.2 cm³/mol. The van der Waals surface area contributed by atoms with Gasteiger partial charge in [-0.05, 0) is 20.8 Å². The second kappa shape index (κ2) is 6.41. The maximum absolute atomic E-state index is 11.5. The van der Waals surface area contributed by atoms with Gasteiger partial charge in [-0.2, -0.15) is 5.26 Å². The minimum Gasteiger partial charge on any atom is -0.375 e. The van der Waals surface area contributed by atoms with Gasteiger partial charge < -0.3 is 9.64 Å². The molecule has 0 fully saturated rings. The van der Waals surface area contributed by atoms with Crippen LogP contribution in [-0.2, 0) is 9.53 Å². The Kier molecular flexibility index (Phi) is 5.95. The highest BCUT2D eigenvalue weighted by atomic mass is 16.5. The molecule has 0 atom stereocenters. The van der Waals surface area contributed by atoms with Gasteiger partial charge in [0.25, 0.3) is 0 Å². The van der Waals surface area contributed by atoms with E-state index in [4.69, 9.17) is 10.00 Å². The summed E-state index contributed by atoms with van der Waals surface area (Å²) < 4.78 is 5.44. The third-order valence-corrected chi connectivity index (χ3v) is 1.84. The lowest BCUT2D eigenvalue weighted by Gasteiger charge is -2.21. The normalized spacial score (nSPS) is 10.9. The first-order valence-electron chi connectivity index (χ1n) is 5.11. The maximum Gasteiger partial charge on any atom is 0.224 e. The van der Waals surface area contributed by atoms with Gasteiger partial charge in [0.05, 0.1) is 31.1 Å². The van der Waals surface area contributed by atoms with Crippen molar-refractivity contribution in [2.24, 2.45) is 0 Å². The topological polar surface area (TPSA) is 53.3 Å². The summed E-state index contributed by atoms with van der Waals surface area (Å²) in [6.45, 7) is 6.79. The average Bonchev–Trinajstić information content (AvgIpc) is 2.11. The number of hydrogen-bond acceptors (Lipinski definition) is 3. The van der Waals surface area contributed by atoms with E-state index in [0.29, 0.717) is 26.0 Å². The number of carbonyl (C=O) groups excluding carboxylic acids is 1. The Morgan fingerprint density at radius 3 is 2.53 bits per heavy atom. The van der Waals surface area contributed by atoms with Gasteiger partial charge in [0.1, 0.15) is 0 Å². The molecule has 0 saturated heterocycles. The van der Waals surface area contributed by atoms with Gasteiger partial charge in [-0.3, -0.25) is 4.79 Å². The molecule has 0 N–H and O–H groups in total. The van der Waals surface area contributed by atoms with Gasteiger partial charge in [0, 0.05) is 13.6 Å². The van der Waals surface area contributed by atoms with Crippen molar-refractivity contribution in [3.8, 4) is 6.07 Å². The van der Waals surface area contributed by atoms with Crippen LogP contribution in [0.15, 0.2) is 0 Å². The first-order chi connectivity index (χ1) is 6.87. The number of nitrogens with zero attached hydrogens (tertiary/aromatic N) is 2. The predicted octanol–water partition coefficient (Wildman–Crippen LogP) is 1.56. The van der Waals surface area contributed by atoms with E-state index in [0.717, 1.165) is 0 Å². The molecule has 86 valence electrons. The van der Waals surface area contributed by atoms with Crippen molar-refractivity contribution in [1.82, 2.24) is 4.90 Å². The Hall–Kier alpha value is -1.08. The number of rotatable bonds is 5. The Labute approximate surface area is 91.8 Å². The number of carbonyl (C=O) groups is 1. The van der Waals surface area contributed by atoms with Crippen molar-refractivity contribution in [1.29, 1.82) is 5.26 Å². The fourth-order valence-corrected chi connectivity index (χ4v) is 0.978. The molecule has 0 spiro atoms. The smallest absolute Gasteiger partial charge is 0.224 e. The van der Waals surface area contributed by atoms with E-state index in [1.165, 1.54) is 0 Å². The zero-order valence-corrected chi connectivity index (χ0v) is 10.0. The van der Waals surface area contributed by atoms with Crippen molar-refractivity contribution in [2.45, 2.75) is 39.2 Å². The van der Waals surface area contributed by atoms with E-state index < -0.39 is 0 Å². The van der Waals surface area contributed by atoms with Crippen LogP contribution in [0.3, 0.4) is 0 Å². The minimum atomic E-state index is -0.203. The Morgan fingerprint density at radius 2 is 2.07 bits per heavy atom. The summed E-state index contributed by atoms with van der Waals surface area (Å²) in [7, 11) is 1.71. The van der Waals surface area contributed by atoms with E-state index >= 15 is 0 Å². The summed E-state index contributed by atoms with van der Waals surface area (Å²) in [5.41, 5.74) is -0.203. The molecular weight excluding hydrogens is 192 g/mol. The molecule has 0 aromatic carbocycles. The van der Waals surface area contributed by atoms with Crippen LogP contribution in [0.2, 0.25) is 0 Å². The van der Waals surface area contributed by atoms with E-state index in [-0.39, 0.29) is 11.5 Å². The minimum absolute atomic E-state index is 0.0227. The van der Waals surface area contributed by atoms with Crippen LogP contribution in [0.4, 0.5) is 0 Å². The molecule has 0 aliphatic rings. The highest BCUT2D eigenvalue weighted by molar-refractivity contribution is 5.75. The van der Waals surface area contributed by atoms with Crippen molar-refractivity contribution < 1.29 is 9.53 Å². The maximum atomic E-state index is 11.5. The molecule has 1 amide bonds. The van der Waals surface area contributed by atoms with E-state index in [1.54, 1.807) is 11.9 Å². The summed E-state index contributed by atoms with van der Waals surface area (Å²) in [6, 6.07) is 2.01. The lowest BCUT2D eigenvalue weighted by atomic mass is 10.2. The molecule has 0 radical (unpaired) electrons. The third-order valence-electron chi connectivity index (χ3n) is 1.84. The fraction of sp³-hybridized carbons (Fsp3) is 0.818. The van der Waals surface area contributed by atoms with Gasteiger partial charge in [0.2, 0.25) is 5.91 Å². The van der Waals surface area contributed by atoms with Crippen LogP contribution >= 0.6 is 0 Å². The van der Waals surface area contributed by atoms with E-state index in [2.05, 4.69) is 0 Å². The Morgan fingerprint density at radius 1 is 1.47 bits per heavy atom. The van der Waals surface area contributed by atoms with Crippen LogP contribution in [0, 0.1) is 11.3 Å². The highest BCUT2D eigenvalue weighted by Crippen LogP contribution is 2.07. The van der Waals surface area contributed by atoms with Gasteiger partial charge in [0.15, 0.2) is 0 Å². The van der Waals surface area contributed by atoms with Gasteiger partial charge in [-0.25, -0.2) is 0 Å². The summed E-state index contributed by atoms with van der Waals surface area (Å²) in [6.07, 6.45) is 0.752. The standard InChI is InChI=1S/C11H20N2O2/c1-11(2,3)15-9-6-10(14)13(4)8-5-7-12/h5-6,8-9H2,1-4H3. The van der Waals surface area contributed by atoms with Crippen LogP contribution in [-0.4, -0.2) is 36.6 Å². The number of nitriles is 1. The van der Waals surface area contributed by atoms with Crippen LogP contribution in [0.1, 0.15) is 33.6 Å². The molecule has 0 rings (SSSR count). The van der Waals surface area contributed by atoms with E-state index in [9.17, 15) is 4.79 Å². The first-order valence-corrected chi connectivity index (χ1v) is 5.11. The summed E-state index contributed by atoms with van der Waals surface area (Å²) in [5.74, 6) is 0.0227. The highest BCUT2D eigenvalue weighted by Gasteiger charge is 2.12. The summed E-state index contributed by atoms with van der Waals surface area (Å²) in [4.78, 5) is 13.0. The Balaban J connectivity index is 3.70. The van der Waals surface area contributed by atoms with Crippen LogP contribution in [0.5, 0.6) is 0 Å². The molecule has 0 unspecified atom stereocenters. The van der Waals surface area contributed by atoms with Crippen molar-refractivity contribution >= 4 is 5.91 Å². The molecule has 0 aliphatic carbocycles. The quantitative estimate of drug-likeness (QED) is 0.695. The molecule has 4 nitrogen and oxygen atoms in total. The zero-order chi connectivity index (χ0) is 11.9. The molecule has 0 aromatic rings. The molecule has 0 saturated carbocycles. The van der Waals surface area contributed by atoms with E-state index in [1.807, 2.05) is 26.8 Å². The monoisotopic (exact) mass is 212 g/mol. The molecular formula is C11H20N2O2. The second-order valence-electron chi connectivity index (χ2n) is 4.43. The fourth-order valence-electron chi connectivity index (χ4n) is 0.978. The lowest BCUT2D eigenvalue weighted by molar-refractivity contribution is -0.132. The van der Waals surface area contributed by atoms with Gasteiger partial charge in [-0.1, -0.05) is 0 Å². The Bertz CT molecular complexity index is 238. The number of ether oxygens (including phenoxy) is 1. The molecule has 0 aromatic heterocycles. The molecule has 15 heavy (non-hydrogen) atoms. The second-order valence-corrected chi connectivity index (χ2v) is 4.43. The molecule has 0 bridgehead atoms. The first kappa shape index (κ1) is 13.9. The summed E-state index contributed by atoms with van der Waals surface area (Å²) >= 11 is 0. The van der Waals surface area contributed by atoms with Gasteiger partial charge in [-0.15, -0.1) is 0 Å². The van der Waals surface area contributed by atoms with Crippen LogP contribution in [0.25, 0.3) is 0 Å². The number of amides is 1. The van der Waals surface area contributed by atoms with Crippen molar-refractivity contribution in [3.63, 3.8) is 0 Å². The van der Waals surface area contributed by atoms with Crippen LogP contribution < -0.4 is 0 Å². The SMILES string of the molecule is CN(CCC#N)C(=O)CCOC(C)(C)C.